The molecular formula is C13H24N2. The molecule has 0 heterocycles. The van der Waals surface area contributed by atoms with Crippen LogP contribution in [0.2, 0.25) is 0 Å². The second kappa shape index (κ2) is 5.53. The Morgan fingerprint density at radius 2 is 1.80 bits per heavy atom. The molecule has 0 aromatic rings. The third-order valence-electron chi connectivity index (χ3n) is 3.79. The van der Waals surface area contributed by atoms with Gasteiger partial charge in [0.05, 0.1) is 5.84 Å². The van der Waals surface area contributed by atoms with Crippen LogP contribution < -0.4 is 5.73 Å². The van der Waals surface area contributed by atoms with Gasteiger partial charge in [0.25, 0.3) is 0 Å². The van der Waals surface area contributed by atoms with Crippen LogP contribution in [0.25, 0.3) is 0 Å². The molecule has 2 fully saturated rings. The van der Waals surface area contributed by atoms with E-state index >= 15 is 0 Å². The molecule has 15 heavy (non-hydrogen) atoms. The molecule has 2 saturated carbocycles. The van der Waals surface area contributed by atoms with Gasteiger partial charge in [-0.2, -0.15) is 0 Å². The molecule has 2 N–H and O–H groups in total. The molecule has 0 aliphatic heterocycles. The Morgan fingerprint density at radius 3 is 2.47 bits per heavy atom. The van der Waals surface area contributed by atoms with Gasteiger partial charge in [0.2, 0.25) is 0 Å². The summed E-state index contributed by atoms with van der Waals surface area (Å²) < 4.78 is 0. The Labute approximate surface area is 93.3 Å². The normalized spacial score (nSPS) is 24.4. The molecule has 0 radical (unpaired) electrons. The maximum Gasteiger partial charge on any atom is 0.0968 e. The summed E-state index contributed by atoms with van der Waals surface area (Å²) in [5, 5.41) is 0. The van der Waals surface area contributed by atoms with E-state index in [9.17, 15) is 0 Å². The van der Waals surface area contributed by atoms with Gasteiger partial charge in [0, 0.05) is 12.5 Å². The number of rotatable bonds is 5. The second-order valence-corrected chi connectivity index (χ2v) is 5.23. The monoisotopic (exact) mass is 208 g/mol. The van der Waals surface area contributed by atoms with Gasteiger partial charge >= 0.3 is 0 Å². The predicted molar refractivity (Wildman–Crippen MR) is 65.0 cm³/mol. The fourth-order valence-electron chi connectivity index (χ4n) is 2.52. The van der Waals surface area contributed by atoms with Gasteiger partial charge in [0.15, 0.2) is 0 Å². The molecule has 2 aliphatic rings. The summed E-state index contributed by atoms with van der Waals surface area (Å²) in [6.45, 7) is 0.971. The molecule has 2 rings (SSSR count). The zero-order chi connectivity index (χ0) is 10.5. The Hall–Kier alpha value is -0.530. The number of hydrogen-bond acceptors (Lipinski definition) is 1. The summed E-state index contributed by atoms with van der Waals surface area (Å²) >= 11 is 0. The van der Waals surface area contributed by atoms with Crippen molar-refractivity contribution in [2.75, 3.05) is 6.54 Å². The zero-order valence-electron chi connectivity index (χ0n) is 9.75. The molecule has 2 nitrogen and oxygen atoms in total. The van der Waals surface area contributed by atoms with Gasteiger partial charge in [-0.15, -0.1) is 0 Å². The number of nitrogens with zero attached hydrogens (tertiary/aromatic N) is 1. The van der Waals surface area contributed by atoms with Crippen molar-refractivity contribution in [3.05, 3.63) is 0 Å². The minimum atomic E-state index is 0.611. The van der Waals surface area contributed by atoms with Gasteiger partial charge in [-0.05, 0) is 31.6 Å². The van der Waals surface area contributed by atoms with Crippen LogP contribution in [-0.4, -0.2) is 12.4 Å². The number of nitrogens with two attached hydrogens (primary N) is 1. The van der Waals surface area contributed by atoms with Crippen molar-refractivity contribution >= 4 is 5.84 Å². The van der Waals surface area contributed by atoms with E-state index < -0.39 is 0 Å². The Morgan fingerprint density at radius 1 is 1.07 bits per heavy atom. The average Bonchev–Trinajstić information content (AvgIpc) is 3.09. The van der Waals surface area contributed by atoms with E-state index in [0.717, 1.165) is 18.3 Å². The topological polar surface area (TPSA) is 38.4 Å². The summed E-state index contributed by atoms with van der Waals surface area (Å²) in [5.41, 5.74) is 6.03. The highest BCUT2D eigenvalue weighted by Gasteiger charge is 2.20. The molecule has 2 heteroatoms. The average molecular weight is 208 g/mol. The second-order valence-electron chi connectivity index (χ2n) is 5.23. The molecule has 0 bridgehead atoms. The largest absolute Gasteiger partial charge is 0.387 e. The van der Waals surface area contributed by atoms with Crippen molar-refractivity contribution in [3.8, 4) is 0 Å². The SMILES string of the molecule is NC(=NCCCC1CC1)C1CCCCC1. The lowest BCUT2D eigenvalue weighted by atomic mass is 9.88. The molecule has 0 saturated heterocycles. The number of hydrogen-bond donors (Lipinski definition) is 1. The summed E-state index contributed by atoms with van der Waals surface area (Å²) in [6, 6.07) is 0. The highest BCUT2D eigenvalue weighted by molar-refractivity contribution is 5.82. The maximum absolute atomic E-state index is 6.03. The minimum absolute atomic E-state index is 0.611. The van der Waals surface area contributed by atoms with E-state index in [-0.39, 0.29) is 0 Å². The third-order valence-corrected chi connectivity index (χ3v) is 3.79. The molecule has 0 aromatic heterocycles. The molecule has 0 aromatic carbocycles. The molecule has 0 atom stereocenters. The summed E-state index contributed by atoms with van der Waals surface area (Å²) in [4.78, 5) is 4.54. The summed E-state index contributed by atoms with van der Waals surface area (Å²) in [6.07, 6.45) is 12.2. The van der Waals surface area contributed by atoms with Gasteiger partial charge in [-0.25, -0.2) is 0 Å². The Kier molecular flexibility index (Phi) is 4.04. The molecule has 0 amide bonds. The summed E-state index contributed by atoms with van der Waals surface area (Å²) in [7, 11) is 0. The molecular weight excluding hydrogens is 184 g/mol. The smallest absolute Gasteiger partial charge is 0.0968 e. The number of aliphatic imine (C=N–C) groups is 1. The highest BCUT2D eigenvalue weighted by atomic mass is 14.9. The van der Waals surface area contributed by atoms with E-state index in [1.165, 1.54) is 57.8 Å². The van der Waals surface area contributed by atoms with E-state index in [2.05, 4.69) is 4.99 Å². The van der Waals surface area contributed by atoms with Crippen LogP contribution in [0, 0.1) is 11.8 Å². The standard InChI is InChI=1S/C13H24N2/c14-13(12-6-2-1-3-7-12)15-10-4-5-11-8-9-11/h11-12H,1-10H2,(H2,14,15). The van der Waals surface area contributed by atoms with Crippen LogP contribution in [0.5, 0.6) is 0 Å². The first-order chi connectivity index (χ1) is 7.36. The lowest BCUT2D eigenvalue weighted by Gasteiger charge is -2.20. The first-order valence-electron chi connectivity index (χ1n) is 6.66. The summed E-state index contributed by atoms with van der Waals surface area (Å²) in [5.74, 6) is 2.60. The highest BCUT2D eigenvalue weighted by Crippen LogP contribution is 2.33. The van der Waals surface area contributed by atoms with E-state index in [4.69, 9.17) is 5.73 Å². The van der Waals surface area contributed by atoms with Crippen LogP contribution in [0.15, 0.2) is 4.99 Å². The van der Waals surface area contributed by atoms with Crippen LogP contribution in [-0.2, 0) is 0 Å². The minimum Gasteiger partial charge on any atom is -0.387 e. The first kappa shape index (κ1) is 11.0. The first-order valence-corrected chi connectivity index (χ1v) is 6.66. The quantitative estimate of drug-likeness (QED) is 0.421. The van der Waals surface area contributed by atoms with Gasteiger partial charge in [-0.1, -0.05) is 32.1 Å². The van der Waals surface area contributed by atoms with Crippen LogP contribution in [0.1, 0.15) is 57.8 Å². The lowest BCUT2D eigenvalue weighted by molar-refractivity contribution is 0.436. The fourth-order valence-corrected chi connectivity index (χ4v) is 2.52. The maximum atomic E-state index is 6.03. The van der Waals surface area contributed by atoms with Crippen molar-refractivity contribution in [2.24, 2.45) is 22.6 Å². The predicted octanol–water partition coefficient (Wildman–Crippen LogP) is 3.11. The Balaban J connectivity index is 1.63. The van der Waals surface area contributed by atoms with Crippen LogP contribution in [0.4, 0.5) is 0 Å². The van der Waals surface area contributed by atoms with Gasteiger partial charge in [0.1, 0.15) is 0 Å². The molecule has 0 spiro atoms. The van der Waals surface area contributed by atoms with Crippen molar-refractivity contribution in [1.82, 2.24) is 0 Å². The zero-order valence-corrected chi connectivity index (χ0v) is 9.75. The van der Waals surface area contributed by atoms with Crippen molar-refractivity contribution in [2.45, 2.75) is 57.8 Å². The lowest BCUT2D eigenvalue weighted by Crippen LogP contribution is -2.26. The molecule has 86 valence electrons. The van der Waals surface area contributed by atoms with Gasteiger partial charge < -0.3 is 5.73 Å². The number of amidine groups is 1. The van der Waals surface area contributed by atoms with Crippen LogP contribution >= 0.6 is 0 Å². The molecule has 0 unspecified atom stereocenters. The van der Waals surface area contributed by atoms with Crippen LogP contribution in [0.3, 0.4) is 0 Å². The van der Waals surface area contributed by atoms with E-state index in [1.54, 1.807) is 0 Å². The van der Waals surface area contributed by atoms with Crippen molar-refractivity contribution in [1.29, 1.82) is 0 Å². The van der Waals surface area contributed by atoms with E-state index in [1.807, 2.05) is 0 Å². The van der Waals surface area contributed by atoms with E-state index in [0.29, 0.717) is 5.92 Å². The Bertz CT molecular complexity index is 213. The van der Waals surface area contributed by atoms with Crippen molar-refractivity contribution in [3.63, 3.8) is 0 Å². The molecule has 2 aliphatic carbocycles. The fraction of sp³-hybridized carbons (Fsp3) is 0.923. The van der Waals surface area contributed by atoms with Gasteiger partial charge in [-0.3, -0.25) is 4.99 Å². The van der Waals surface area contributed by atoms with Crippen molar-refractivity contribution < 1.29 is 0 Å². The third kappa shape index (κ3) is 3.84.